The van der Waals surface area contributed by atoms with Crippen LogP contribution in [0.3, 0.4) is 0 Å². The van der Waals surface area contributed by atoms with Crippen molar-refractivity contribution in [3.8, 4) is 5.75 Å². The molecule has 1 saturated heterocycles. The summed E-state index contributed by atoms with van der Waals surface area (Å²) in [4.78, 5) is 55.2. The van der Waals surface area contributed by atoms with Crippen LogP contribution in [-0.4, -0.2) is 63.6 Å². The van der Waals surface area contributed by atoms with Gasteiger partial charge >= 0.3 is 0 Å². The van der Waals surface area contributed by atoms with Crippen molar-refractivity contribution in [1.82, 2.24) is 4.90 Å². The van der Waals surface area contributed by atoms with E-state index in [2.05, 4.69) is 0 Å². The van der Waals surface area contributed by atoms with Gasteiger partial charge < -0.3 is 24.7 Å². The van der Waals surface area contributed by atoms with Gasteiger partial charge in [0, 0.05) is 42.3 Å². The number of ether oxygens (including phenoxy) is 1. The van der Waals surface area contributed by atoms with Crippen LogP contribution in [0, 0.1) is 16.0 Å². The molecule has 3 aliphatic heterocycles. The van der Waals surface area contributed by atoms with Gasteiger partial charge in [0.05, 0.1) is 35.5 Å². The van der Waals surface area contributed by atoms with Gasteiger partial charge in [0.15, 0.2) is 12.2 Å². The van der Waals surface area contributed by atoms with Crippen LogP contribution in [-0.2, 0) is 26.5 Å². The van der Waals surface area contributed by atoms with Crippen LogP contribution < -0.4 is 14.5 Å². The number of para-hydroxylation sites is 2. The Morgan fingerprint density at radius 2 is 1.89 bits per heavy atom. The normalized spacial score (nSPS) is 21.4. The number of nitro groups is 1. The quantitative estimate of drug-likeness (QED) is 0.206. The van der Waals surface area contributed by atoms with Crippen LogP contribution in [0.25, 0.3) is 0 Å². The molecule has 3 aromatic rings. The number of carbonyl (C=O) groups is 3. The molecule has 0 spiro atoms. The van der Waals surface area contributed by atoms with Gasteiger partial charge in [-0.05, 0) is 48.7 Å². The summed E-state index contributed by atoms with van der Waals surface area (Å²) in [6, 6.07) is 18.1. The summed E-state index contributed by atoms with van der Waals surface area (Å²) in [6.45, 7) is 2.06. The highest BCUT2D eigenvalue weighted by atomic mass is 16.6. The molecule has 0 aromatic heterocycles. The summed E-state index contributed by atoms with van der Waals surface area (Å²) in [7, 11) is 0. The molecule has 238 valence electrons. The van der Waals surface area contributed by atoms with Crippen LogP contribution in [0.4, 0.5) is 22.7 Å². The molecule has 0 bridgehead atoms. The zero-order valence-corrected chi connectivity index (χ0v) is 25.2. The minimum atomic E-state index is -2.12. The Hall–Kier alpha value is -5.07. The molecule has 1 fully saturated rings. The van der Waals surface area contributed by atoms with E-state index in [1.54, 1.807) is 65.3 Å². The fraction of sp³-hybridized carbons (Fsp3) is 0.324. The zero-order valence-electron chi connectivity index (χ0n) is 25.2. The molecule has 3 aromatic carbocycles. The van der Waals surface area contributed by atoms with Crippen LogP contribution in [0.15, 0.2) is 78.9 Å². The Labute approximate surface area is 265 Å². The van der Waals surface area contributed by atoms with Gasteiger partial charge in [0.1, 0.15) is 5.75 Å². The van der Waals surface area contributed by atoms with Gasteiger partial charge in [-0.25, -0.2) is 0 Å². The van der Waals surface area contributed by atoms with E-state index in [4.69, 9.17) is 4.74 Å². The highest BCUT2D eigenvalue weighted by molar-refractivity contribution is 6.07. The smallest absolute Gasteiger partial charge is 0.269 e. The number of carbonyl (C=O) groups excluding carboxylic acids is 3. The van der Waals surface area contributed by atoms with Crippen LogP contribution in [0.1, 0.15) is 37.3 Å². The summed E-state index contributed by atoms with van der Waals surface area (Å²) < 4.78 is 5.54. The van der Waals surface area contributed by atoms with E-state index in [9.17, 15) is 34.7 Å². The average Bonchev–Trinajstić information content (AvgIpc) is 3.63. The first-order valence-corrected chi connectivity index (χ1v) is 15.2. The molecule has 12 heteroatoms. The van der Waals surface area contributed by atoms with Crippen molar-refractivity contribution in [3.05, 3.63) is 100 Å². The van der Waals surface area contributed by atoms with Crippen molar-refractivity contribution < 1.29 is 34.3 Å². The van der Waals surface area contributed by atoms with Crippen LogP contribution in [0.2, 0.25) is 0 Å². The Kier molecular flexibility index (Phi) is 8.32. The third kappa shape index (κ3) is 5.39. The van der Waals surface area contributed by atoms with Crippen molar-refractivity contribution in [3.63, 3.8) is 0 Å². The summed E-state index contributed by atoms with van der Waals surface area (Å²) >= 11 is 0. The molecule has 0 saturated carbocycles. The maximum absolute atomic E-state index is 14.0. The molecule has 0 radical (unpaired) electrons. The molecule has 46 heavy (non-hydrogen) atoms. The Balaban J connectivity index is 1.25. The Morgan fingerprint density at radius 1 is 1.13 bits per heavy atom. The summed E-state index contributed by atoms with van der Waals surface area (Å²) in [5, 5.41) is 33.2. The maximum Gasteiger partial charge on any atom is 0.269 e. The number of hydrogen-bond donors (Lipinski definition) is 2. The first-order valence-electron chi connectivity index (χ1n) is 15.2. The minimum absolute atomic E-state index is 0.0269. The van der Waals surface area contributed by atoms with E-state index >= 15 is 0 Å². The number of non-ortho nitro benzene ring substituents is 1. The summed E-state index contributed by atoms with van der Waals surface area (Å²) in [5.41, 5.74) is 0.0309. The van der Waals surface area contributed by atoms with E-state index in [0.29, 0.717) is 34.9 Å². The number of aliphatic hydroxyl groups excluding tert-OH is 1. The van der Waals surface area contributed by atoms with E-state index in [0.717, 1.165) is 12.8 Å². The molecule has 3 amide bonds. The predicted octanol–water partition coefficient (Wildman–Crippen LogP) is 3.95. The highest BCUT2D eigenvalue weighted by Crippen LogP contribution is 2.47. The Morgan fingerprint density at radius 3 is 2.63 bits per heavy atom. The number of likely N-dealkylation sites (tertiary alicyclic amines) is 1. The van der Waals surface area contributed by atoms with Gasteiger partial charge in [-0.3, -0.25) is 29.4 Å². The van der Waals surface area contributed by atoms with Gasteiger partial charge in [-0.15, -0.1) is 0 Å². The van der Waals surface area contributed by atoms with E-state index in [1.807, 2.05) is 12.1 Å². The third-order valence-electron chi connectivity index (χ3n) is 8.99. The fourth-order valence-electron chi connectivity index (χ4n) is 6.51. The van der Waals surface area contributed by atoms with E-state index in [1.165, 1.54) is 23.1 Å². The fourth-order valence-corrected chi connectivity index (χ4v) is 6.51. The van der Waals surface area contributed by atoms with E-state index < -0.39 is 22.3 Å². The maximum atomic E-state index is 14.0. The number of amides is 3. The van der Waals surface area contributed by atoms with E-state index in [-0.39, 0.29) is 55.3 Å². The number of benzene rings is 3. The molecule has 12 nitrogen and oxygen atoms in total. The van der Waals surface area contributed by atoms with Gasteiger partial charge in [-0.1, -0.05) is 43.3 Å². The first kappa shape index (κ1) is 30.9. The first-order chi connectivity index (χ1) is 22.1. The van der Waals surface area contributed by atoms with Crippen molar-refractivity contribution in [2.75, 3.05) is 29.6 Å². The molecule has 2 N–H and O–H groups in total. The monoisotopic (exact) mass is 626 g/mol. The van der Waals surface area contributed by atoms with Crippen molar-refractivity contribution in [2.45, 2.75) is 44.4 Å². The number of fused-ring (bicyclic) bond motifs is 2. The van der Waals surface area contributed by atoms with Crippen LogP contribution in [0.5, 0.6) is 5.75 Å². The number of rotatable bonds is 9. The zero-order chi connectivity index (χ0) is 32.6. The SMILES string of the molecule is C[C@@H](/C=C/CC(=O)N1CCC[C@H]1CO)[C@]1(O)C(=O)N(Cc2ccc(N3C(=O)COc4ccccc43)cc2)c2ccc([N+](=O)[O-])cc21. The van der Waals surface area contributed by atoms with Crippen molar-refractivity contribution >= 4 is 40.5 Å². The highest BCUT2D eigenvalue weighted by Gasteiger charge is 2.53. The number of nitrogens with zero attached hydrogens (tertiary/aromatic N) is 4. The lowest BCUT2D eigenvalue weighted by atomic mass is 9.82. The summed E-state index contributed by atoms with van der Waals surface area (Å²) in [6.07, 6.45) is 4.76. The second-order valence-corrected chi connectivity index (χ2v) is 11.8. The molecule has 3 atom stereocenters. The average molecular weight is 627 g/mol. The lowest BCUT2D eigenvalue weighted by molar-refractivity contribution is -0.385. The van der Waals surface area contributed by atoms with Gasteiger partial charge in [0.2, 0.25) is 5.91 Å². The molecule has 3 heterocycles. The second kappa shape index (κ2) is 12.4. The molecule has 3 aliphatic rings. The molecular weight excluding hydrogens is 592 g/mol. The molecule has 0 aliphatic carbocycles. The number of anilines is 3. The molecule has 6 rings (SSSR count). The largest absolute Gasteiger partial charge is 0.482 e. The Bertz CT molecular complexity index is 1720. The van der Waals surface area contributed by atoms with Gasteiger partial charge in [-0.2, -0.15) is 0 Å². The number of hydrogen-bond acceptors (Lipinski definition) is 8. The molecule has 0 unspecified atom stereocenters. The standard InChI is InChI=1S/C34H34N4O8/c1-22(6-4-10-31(40)35-17-5-7-26(35)20-39)34(43)27-18-25(38(44)45)15-16-28(27)36(33(34)42)19-23-11-13-24(14-12-23)37-29-8-2-3-9-30(29)46-21-32(37)41/h2-4,6,8-9,11-16,18,22,26,39,43H,5,7,10,17,19-21H2,1H3/b6-4+/t22-,26-,34+/m0/s1. The van der Waals surface area contributed by atoms with Gasteiger partial charge in [0.25, 0.3) is 17.5 Å². The predicted molar refractivity (Wildman–Crippen MR) is 168 cm³/mol. The second-order valence-electron chi connectivity index (χ2n) is 11.8. The van der Waals surface area contributed by atoms with Crippen LogP contribution >= 0.6 is 0 Å². The topological polar surface area (TPSA) is 154 Å². The van der Waals surface area contributed by atoms with Crippen molar-refractivity contribution in [1.29, 1.82) is 0 Å². The lowest BCUT2D eigenvalue weighted by Gasteiger charge is -2.29. The number of aliphatic hydroxyl groups is 2. The van der Waals surface area contributed by atoms with Crippen molar-refractivity contribution in [2.24, 2.45) is 5.92 Å². The minimum Gasteiger partial charge on any atom is -0.482 e. The third-order valence-corrected chi connectivity index (χ3v) is 8.99. The lowest BCUT2D eigenvalue weighted by Crippen LogP contribution is -2.44. The summed E-state index contributed by atoms with van der Waals surface area (Å²) in [5.74, 6) is -1.27. The number of nitro benzene ring substituents is 1. The molecular formula is C34H34N4O8.